The van der Waals surface area contributed by atoms with Crippen LogP contribution in [0.15, 0.2) is 5.38 Å². The van der Waals surface area contributed by atoms with Crippen LogP contribution in [0.1, 0.15) is 18.5 Å². The first-order valence-corrected chi connectivity index (χ1v) is 7.64. The van der Waals surface area contributed by atoms with Crippen LogP contribution in [0, 0.1) is 12.8 Å². The molecule has 1 aliphatic rings. The Hall–Kier alpha value is -0.980. The molecule has 2 heterocycles. The molecule has 5 nitrogen and oxygen atoms in total. The van der Waals surface area contributed by atoms with Gasteiger partial charge in [-0.05, 0) is 52.4 Å². The second-order valence-electron chi connectivity index (χ2n) is 5.12. The summed E-state index contributed by atoms with van der Waals surface area (Å²) in [7, 11) is 2.00. The van der Waals surface area contributed by atoms with E-state index in [9.17, 15) is 4.79 Å². The molecular formula is C13H22N4OS. The third kappa shape index (κ3) is 4.56. The molecule has 0 bridgehead atoms. The zero-order valence-electron chi connectivity index (χ0n) is 11.6. The lowest BCUT2D eigenvalue weighted by Gasteiger charge is -2.31. The highest BCUT2D eigenvalue weighted by Crippen LogP contribution is 2.17. The number of thiazole rings is 1. The predicted octanol–water partition coefficient (Wildman–Crippen LogP) is 1.32. The van der Waals surface area contributed by atoms with Crippen molar-refractivity contribution in [2.45, 2.75) is 19.8 Å². The van der Waals surface area contributed by atoms with Gasteiger partial charge < -0.3 is 10.6 Å². The number of rotatable bonds is 5. The molecule has 0 aliphatic carbocycles. The Morgan fingerprint density at radius 3 is 2.84 bits per heavy atom. The molecule has 6 heteroatoms. The van der Waals surface area contributed by atoms with Crippen LogP contribution in [0.3, 0.4) is 0 Å². The molecular weight excluding hydrogens is 260 g/mol. The first-order valence-electron chi connectivity index (χ1n) is 6.76. The SMILES string of the molecule is CNCC1CCN(CC(=O)Nc2nc(C)cs2)CC1. The average Bonchev–Trinajstić information content (AvgIpc) is 2.77. The van der Waals surface area contributed by atoms with Gasteiger partial charge in [-0.3, -0.25) is 9.69 Å². The maximum Gasteiger partial charge on any atom is 0.240 e. The van der Waals surface area contributed by atoms with Gasteiger partial charge in [0.15, 0.2) is 5.13 Å². The second-order valence-corrected chi connectivity index (χ2v) is 5.98. The minimum Gasteiger partial charge on any atom is -0.319 e. The van der Waals surface area contributed by atoms with Crippen molar-refractivity contribution in [1.82, 2.24) is 15.2 Å². The van der Waals surface area contributed by atoms with Gasteiger partial charge in [-0.15, -0.1) is 11.3 Å². The molecule has 2 N–H and O–H groups in total. The van der Waals surface area contributed by atoms with E-state index in [4.69, 9.17) is 0 Å². The molecule has 0 atom stereocenters. The van der Waals surface area contributed by atoms with Crippen LogP contribution in [0.4, 0.5) is 5.13 Å². The number of hydrogen-bond acceptors (Lipinski definition) is 5. The smallest absolute Gasteiger partial charge is 0.240 e. The number of nitrogens with one attached hydrogen (secondary N) is 2. The highest BCUT2D eigenvalue weighted by Gasteiger charge is 2.20. The second kappa shape index (κ2) is 6.98. The molecule has 0 radical (unpaired) electrons. The summed E-state index contributed by atoms with van der Waals surface area (Å²) in [6.07, 6.45) is 2.34. The van der Waals surface area contributed by atoms with E-state index < -0.39 is 0 Å². The van der Waals surface area contributed by atoms with Crippen LogP contribution >= 0.6 is 11.3 Å². The van der Waals surface area contributed by atoms with Gasteiger partial charge in [-0.25, -0.2) is 4.98 Å². The molecule has 106 valence electrons. The van der Waals surface area contributed by atoms with Crippen molar-refractivity contribution in [3.05, 3.63) is 11.1 Å². The summed E-state index contributed by atoms with van der Waals surface area (Å²) in [4.78, 5) is 18.4. The van der Waals surface area contributed by atoms with E-state index in [0.717, 1.165) is 31.2 Å². The lowest BCUT2D eigenvalue weighted by atomic mass is 9.97. The van der Waals surface area contributed by atoms with Gasteiger partial charge in [0.2, 0.25) is 5.91 Å². The summed E-state index contributed by atoms with van der Waals surface area (Å²) in [5.74, 6) is 0.798. The zero-order chi connectivity index (χ0) is 13.7. The number of amides is 1. The summed E-state index contributed by atoms with van der Waals surface area (Å²) in [5, 5.41) is 8.73. The first-order chi connectivity index (χ1) is 9.17. The van der Waals surface area contributed by atoms with Crippen LogP contribution in [0.25, 0.3) is 0 Å². The maximum absolute atomic E-state index is 11.9. The Balaban J connectivity index is 1.71. The maximum atomic E-state index is 11.9. The van der Waals surface area contributed by atoms with Gasteiger partial charge in [0, 0.05) is 5.38 Å². The summed E-state index contributed by atoms with van der Waals surface area (Å²) in [6, 6.07) is 0. The lowest BCUT2D eigenvalue weighted by molar-refractivity contribution is -0.117. The van der Waals surface area contributed by atoms with Crippen molar-refractivity contribution in [1.29, 1.82) is 0 Å². The van der Waals surface area contributed by atoms with Crippen molar-refractivity contribution in [2.24, 2.45) is 5.92 Å². The van der Waals surface area contributed by atoms with Gasteiger partial charge in [0.1, 0.15) is 0 Å². The van der Waals surface area contributed by atoms with E-state index in [2.05, 4.69) is 20.5 Å². The molecule has 0 aromatic carbocycles. The number of nitrogens with zero attached hydrogens (tertiary/aromatic N) is 2. The van der Waals surface area contributed by atoms with E-state index >= 15 is 0 Å². The lowest BCUT2D eigenvalue weighted by Crippen LogP contribution is -2.40. The fourth-order valence-electron chi connectivity index (χ4n) is 2.41. The van der Waals surface area contributed by atoms with Crippen molar-refractivity contribution in [2.75, 3.05) is 38.5 Å². The first kappa shape index (κ1) is 14.4. The minimum absolute atomic E-state index is 0.0430. The minimum atomic E-state index is 0.0430. The Bertz CT molecular complexity index is 413. The molecule has 19 heavy (non-hydrogen) atoms. The molecule has 1 saturated heterocycles. The third-order valence-electron chi connectivity index (χ3n) is 3.43. The van der Waals surface area contributed by atoms with Crippen molar-refractivity contribution in [3.63, 3.8) is 0 Å². The Morgan fingerprint density at radius 2 is 2.26 bits per heavy atom. The van der Waals surface area contributed by atoms with E-state index in [0.29, 0.717) is 11.7 Å². The van der Waals surface area contributed by atoms with E-state index in [1.165, 1.54) is 24.2 Å². The third-order valence-corrected chi connectivity index (χ3v) is 4.31. The Morgan fingerprint density at radius 1 is 1.53 bits per heavy atom. The number of anilines is 1. The highest BCUT2D eigenvalue weighted by molar-refractivity contribution is 7.13. The normalized spacial score (nSPS) is 17.6. The van der Waals surface area contributed by atoms with Crippen molar-refractivity contribution in [3.8, 4) is 0 Å². The number of hydrogen-bond donors (Lipinski definition) is 2. The standard InChI is InChI=1S/C13H22N4OS/c1-10-9-19-13(15-10)16-12(18)8-17-5-3-11(4-6-17)7-14-2/h9,11,14H,3-8H2,1-2H3,(H,15,16,18). The molecule has 2 rings (SSSR count). The van der Waals surface area contributed by atoms with Crippen molar-refractivity contribution >= 4 is 22.4 Å². The molecule has 1 aromatic heterocycles. The number of likely N-dealkylation sites (tertiary alicyclic amines) is 1. The predicted molar refractivity (Wildman–Crippen MR) is 78.6 cm³/mol. The molecule has 0 spiro atoms. The average molecular weight is 282 g/mol. The molecule has 0 saturated carbocycles. The van der Waals surface area contributed by atoms with E-state index in [1.807, 2.05) is 19.4 Å². The molecule has 1 amide bonds. The number of piperidine rings is 1. The molecule has 0 unspecified atom stereocenters. The van der Waals surface area contributed by atoms with Gasteiger partial charge in [0.25, 0.3) is 0 Å². The topological polar surface area (TPSA) is 57.3 Å². The van der Waals surface area contributed by atoms with E-state index in [-0.39, 0.29) is 5.91 Å². The number of carbonyl (C=O) groups excluding carboxylic acids is 1. The fraction of sp³-hybridized carbons (Fsp3) is 0.692. The van der Waals surface area contributed by atoms with Crippen LogP contribution < -0.4 is 10.6 Å². The summed E-state index contributed by atoms with van der Waals surface area (Å²) in [6.45, 7) is 5.51. The largest absolute Gasteiger partial charge is 0.319 e. The quantitative estimate of drug-likeness (QED) is 0.855. The van der Waals surface area contributed by atoms with Crippen LogP contribution in [0.2, 0.25) is 0 Å². The van der Waals surface area contributed by atoms with Crippen molar-refractivity contribution < 1.29 is 4.79 Å². The summed E-state index contributed by atoms with van der Waals surface area (Å²) >= 11 is 1.48. The van der Waals surface area contributed by atoms with Crippen LogP contribution in [-0.2, 0) is 4.79 Å². The van der Waals surface area contributed by atoms with Gasteiger partial charge in [0.05, 0.1) is 12.2 Å². The number of carbonyl (C=O) groups is 1. The summed E-state index contributed by atoms with van der Waals surface area (Å²) < 4.78 is 0. The van der Waals surface area contributed by atoms with Crippen LogP contribution in [0.5, 0.6) is 0 Å². The highest BCUT2D eigenvalue weighted by atomic mass is 32.1. The summed E-state index contributed by atoms with van der Waals surface area (Å²) in [5.41, 5.74) is 0.952. The number of aromatic nitrogens is 1. The van der Waals surface area contributed by atoms with Gasteiger partial charge in [-0.1, -0.05) is 0 Å². The Labute approximate surface area is 118 Å². The number of aryl methyl sites for hydroxylation is 1. The molecule has 1 aliphatic heterocycles. The van der Waals surface area contributed by atoms with Gasteiger partial charge in [-0.2, -0.15) is 0 Å². The fourth-order valence-corrected chi connectivity index (χ4v) is 3.11. The van der Waals surface area contributed by atoms with Gasteiger partial charge >= 0.3 is 0 Å². The van der Waals surface area contributed by atoms with E-state index in [1.54, 1.807) is 0 Å². The monoisotopic (exact) mass is 282 g/mol. The molecule has 1 aromatic rings. The Kier molecular flexibility index (Phi) is 5.30. The van der Waals surface area contributed by atoms with Crippen LogP contribution in [-0.4, -0.2) is 49.0 Å². The zero-order valence-corrected chi connectivity index (χ0v) is 12.4. The molecule has 1 fully saturated rings.